The van der Waals surface area contributed by atoms with Gasteiger partial charge in [-0.1, -0.05) is 25.1 Å². The van der Waals surface area contributed by atoms with Crippen LogP contribution in [0.25, 0.3) is 0 Å². The van der Waals surface area contributed by atoms with Gasteiger partial charge in [-0.05, 0) is 50.8 Å². The summed E-state index contributed by atoms with van der Waals surface area (Å²) in [5, 5.41) is 0. The van der Waals surface area contributed by atoms with E-state index in [4.69, 9.17) is 0 Å². The van der Waals surface area contributed by atoms with Gasteiger partial charge in [0.15, 0.2) is 0 Å². The third-order valence-corrected chi connectivity index (χ3v) is 5.53. The van der Waals surface area contributed by atoms with Crippen LogP contribution in [-0.2, 0) is 5.75 Å². The van der Waals surface area contributed by atoms with E-state index in [1.165, 1.54) is 16.0 Å². The van der Waals surface area contributed by atoms with Gasteiger partial charge in [0.25, 0.3) is 0 Å². The first kappa shape index (κ1) is 12.2. The van der Waals surface area contributed by atoms with Gasteiger partial charge in [-0.15, -0.1) is 11.8 Å². The molecule has 2 aromatic carbocycles. The molecule has 1 atom stereocenters. The Morgan fingerprint density at radius 2 is 2.06 bits per heavy atom. The average Bonchev–Trinajstić information content (AvgIpc) is 2.49. The van der Waals surface area contributed by atoms with Crippen LogP contribution in [0, 0.1) is 5.82 Å². The van der Waals surface area contributed by atoms with Crippen LogP contribution in [0.15, 0.2) is 45.8 Å². The fourth-order valence-electron chi connectivity index (χ4n) is 2.46. The van der Waals surface area contributed by atoms with Gasteiger partial charge in [0.2, 0.25) is 0 Å². The minimum Gasteiger partial charge on any atom is -0.207 e. The highest BCUT2D eigenvalue weighted by atomic mass is 79.9. The van der Waals surface area contributed by atoms with Gasteiger partial charge in [-0.2, -0.15) is 0 Å². The van der Waals surface area contributed by atoms with Crippen molar-refractivity contribution in [2.24, 2.45) is 0 Å². The normalized spacial score (nSPS) is 17.8. The smallest absolute Gasteiger partial charge is 0.123 e. The molecule has 0 saturated heterocycles. The fraction of sp³-hybridized carbons (Fsp3) is 0.200. The summed E-state index contributed by atoms with van der Waals surface area (Å²) in [6.45, 7) is 2.19. The molecule has 1 unspecified atom stereocenters. The van der Waals surface area contributed by atoms with Crippen LogP contribution in [0.3, 0.4) is 0 Å². The van der Waals surface area contributed by atoms with Crippen LogP contribution >= 0.6 is 27.7 Å². The van der Waals surface area contributed by atoms with E-state index >= 15 is 0 Å². The highest BCUT2D eigenvalue weighted by Gasteiger charge is 2.22. The van der Waals surface area contributed by atoms with Gasteiger partial charge in [0, 0.05) is 21.0 Å². The third kappa shape index (κ3) is 1.99. The highest BCUT2D eigenvalue weighted by Crippen LogP contribution is 2.43. The molecule has 0 aliphatic carbocycles. The highest BCUT2D eigenvalue weighted by molar-refractivity contribution is 9.10. The lowest BCUT2D eigenvalue weighted by Crippen LogP contribution is -1.99. The van der Waals surface area contributed by atoms with Crippen LogP contribution in [0.2, 0.25) is 0 Å². The van der Waals surface area contributed by atoms with Crippen molar-refractivity contribution in [3.63, 3.8) is 0 Å². The van der Waals surface area contributed by atoms with Crippen LogP contribution in [-0.4, -0.2) is 0 Å². The Kier molecular flexibility index (Phi) is 3.20. The van der Waals surface area contributed by atoms with E-state index in [-0.39, 0.29) is 5.82 Å². The Morgan fingerprint density at radius 3 is 2.89 bits per heavy atom. The third-order valence-electron chi connectivity index (χ3n) is 3.41. The van der Waals surface area contributed by atoms with Crippen molar-refractivity contribution in [3.05, 3.63) is 63.4 Å². The van der Waals surface area contributed by atoms with E-state index in [1.54, 1.807) is 23.9 Å². The second-order valence-electron chi connectivity index (χ2n) is 4.51. The van der Waals surface area contributed by atoms with Crippen molar-refractivity contribution in [2.75, 3.05) is 0 Å². The molecule has 0 fully saturated rings. The Hall–Kier alpha value is -0.800. The van der Waals surface area contributed by atoms with Gasteiger partial charge in [0.05, 0.1) is 0 Å². The molecule has 92 valence electrons. The predicted octanol–water partition coefficient (Wildman–Crippen LogP) is 5.35. The Labute approximate surface area is 119 Å². The summed E-state index contributed by atoms with van der Waals surface area (Å²) in [6.07, 6.45) is 0. The van der Waals surface area contributed by atoms with Crippen molar-refractivity contribution < 1.29 is 4.39 Å². The fourth-order valence-corrected chi connectivity index (χ4v) is 4.35. The molecular weight excluding hydrogens is 311 g/mol. The number of halogens is 2. The lowest BCUT2D eigenvalue weighted by Gasteiger charge is -2.15. The van der Waals surface area contributed by atoms with Gasteiger partial charge >= 0.3 is 0 Å². The second kappa shape index (κ2) is 4.71. The first-order valence-corrected chi connectivity index (χ1v) is 7.64. The van der Waals surface area contributed by atoms with Gasteiger partial charge < -0.3 is 0 Å². The number of thioether (sulfide) groups is 1. The molecule has 0 amide bonds. The maximum atomic E-state index is 13.3. The van der Waals surface area contributed by atoms with Crippen molar-refractivity contribution >= 4 is 27.7 Å². The molecule has 0 spiro atoms. The van der Waals surface area contributed by atoms with Crippen LogP contribution < -0.4 is 0 Å². The first-order valence-electron chi connectivity index (χ1n) is 5.86. The molecule has 0 bridgehead atoms. The summed E-state index contributed by atoms with van der Waals surface area (Å²) in [7, 11) is 0. The summed E-state index contributed by atoms with van der Waals surface area (Å²) < 4.78 is 14.5. The Bertz CT molecular complexity index is 609. The van der Waals surface area contributed by atoms with E-state index in [0.29, 0.717) is 5.92 Å². The van der Waals surface area contributed by atoms with Crippen molar-refractivity contribution in [2.45, 2.75) is 23.5 Å². The maximum absolute atomic E-state index is 13.3. The monoisotopic (exact) mass is 322 g/mol. The predicted molar refractivity (Wildman–Crippen MR) is 77.6 cm³/mol. The minimum absolute atomic E-state index is 0.147. The van der Waals surface area contributed by atoms with Crippen LogP contribution in [0.4, 0.5) is 4.39 Å². The molecule has 1 heterocycles. The molecule has 1 aliphatic rings. The zero-order chi connectivity index (χ0) is 12.7. The van der Waals surface area contributed by atoms with Crippen molar-refractivity contribution in [1.29, 1.82) is 0 Å². The first-order chi connectivity index (χ1) is 8.66. The average molecular weight is 323 g/mol. The second-order valence-corrected chi connectivity index (χ2v) is 6.35. The summed E-state index contributed by atoms with van der Waals surface area (Å²) >= 11 is 5.39. The van der Waals surface area contributed by atoms with E-state index < -0.39 is 0 Å². The minimum atomic E-state index is -0.147. The summed E-state index contributed by atoms with van der Waals surface area (Å²) in [5.74, 6) is 0.988. The standard InChI is InChI=1S/C15H12BrFS/c1-9-12-6-5-11(17)7-10(12)8-18-15-13(9)3-2-4-14(15)16/h2-7,9H,8H2,1H3. The molecule has 18 heavy (non-hydrogen) atoms. The molecule has 3 rings (SSSR count). The number of benzene rings is 2. The molecule has 1 aliphatic heterocycles. The van der Waals surface area contributed by atoms with E-state index in [1.807, 2.05) is 6.07 Å². The number of fused-ring (bicyclic) bond motifs is 2. The van der Waals surface area contributed by atoms with Gasteiger partial charge in [-0.3, -0.25) is 0 Å². The van der Waals surface area contributed by atoms with E-state index in [0.717, 1.165) is 15.8 Å². The van der Waals surface area contributed by atoms with Crippen molar-refractivity contribution in [1.82, 2.24) is 0 Å². The lowest BCUT2D eigenvalue weighted by atomic mass is 9.90. The summed E-state index contributed by atoms with van der Waals surface area (Å²) in [4.78, 5) is 1.28. The zero-order valence-electron chi connectivity index (χ0n) is 9.91. The molecular formula is C15H12BrFS. The van der Waals surface area contributed by atoms with Crippen LogP contribution in [0.1, 0.15) is 29.5 Å². The molecule has 0 radical (unpaired) electrons. The molecule has 0 saturated carbocycles. The quantitative estimate of drug-likeness (QED) is 0.630. The molecule has 3 heteroatoms. The molecule has 0 N–H and O–H groups in total. The topological polar surface area (TPSA) is 0 Å². The van der Waals surface area contributed by atoms with Gasteiger partial charge in [-0.25, -0.2) is 4.39 Å². The Morgan fingerprint density at radius 1 is 1.22 bits per heavy atom. The SMILES string of the molecule is CC1c2ccc(F)cc2CSc2c(Br)cccc21. The molecule has 0 aromatic heterocycles. The van der Waals surface area contributed by atoms with Crippen molar-refractivity contribution in [3.8, 4) is 0 Å². The number of hydrogen-bond donors (Lipinski definition) is 0. The van der Waals surface area contributed by atoms with E-state index in [9.17, 15) is 4.39 Å². The molecule has 2 aromatic rings. The maximum Gasteiger partial charge on any atom is 0.123 e. The summed E-state index contributed by atoms with van der Waals surface area (Å²) in [6, 6.07) is 11.4. The lowest BCUT2D eigenvalue weighted by molar-refractivity contribution is 0.625. The zero-order valence-corrected chi connectivity index (χ0v) is 12.3. The number of hydrogen-bond acceptors (Lipinski definition) is 1. The number of rotatable bonds is 0. The van der Waals surface area contributed by atoms with E-state index in [2.05, 4.69) is 41.1 Å². The summed E-state index contributed by atoms with van der Waals surface area (Å²) in [5.41, 5.74) is 3.66. The van der Waals surface area contributed by atoms with Gasteiger partial charge in [0.1, 0.15) is 5.82 Å². The van der Waals surface area contributed by atoms with Crippen LogP contribution in [0.5, 0.6) is 0 Å². The molecule has 0 nitrogen and oxygen atoms in total. The Balaban J connectivity index is 2.18. The largest absolute Gasteiger partial charge is 0.207 e.